The van der Waals surface area contributed by atoms with E-state index in [1.54, 1.807) is 7.11 Å². The second-order valence-corrected chi connectivity index (χ2v) is 8.44. The highest BCUT2D eigenvalue weighted by Crippen LogP contribution is 2.65. The van der Waals surface area contributed by atoms with Gasteiger partial charge in [0.1, 0.15) is 0 Å². The fraction of sp³-hybridized carbons (Fsp3) is 1.00. The highest BCUT2D eigenvalue weighted by Gasteiger charge is 2.68. The summed E-state index contributed by atoms with van der Waals surface area (Å²) in [6.07, 6.45) is 4.58. The van der Waals surface area contributed by atoms with Gasteiger partial charge in [0.15, 0.2) is 11.6 Å². The van der Waals surface area contributed by atoms with Crippen LogP contribution in [0.15, 0.2) is 0 Å². The van der Waals surface area contributed by atoms with Crippen molar-refractivity contribution >= 4 is 0 Å². The number of rotatable bonds is 3. The lowest BCUT2D eigenvalue weighted by atomic mass is 10.1. The summed E-state index contributed by atoms with van der Waals surface area (Å²) in [4.78, 5) is 0. The van der Waals surface area contributed by atoms with E-state index in [1.165, 1.54) is 12.8 Å². The van der Waals surface area contributed by atoms with Gasteiger partial charge in [-0.25, -0.2) is 0 Å². The summed E-state index contributed by atoms with van der Waals surface area (Å²) in [5.74, 6) is 3.37. The van der Waals surface area contributed by atoms with Crippen molar-refractivity contribution in [2.24, 2.45) is 35.5 Å². The predicted octanol–water partition coefficient (Wildman–Crippen LogP) is 1.41. The quantitative estimate of drug-likeness (QED) is 0.827. The van der Waals surface area contributed by atoms with Gasteiger partial charge in [0.2, 0.25) is 0 Å². The average Bonchev–Trinajstić information content (AvgIpc) is 3.16. The highest BCUT2D eigenvalue weighted by molar-refractivity contribution is 5.12. The number of methoxy groups -OCH3 is 1. The van der Waals surface area contributed by atoms with Gasteiger partial charge in [-0.15, -0.1) is 0 Å². The number of hydrogen-bond donors (Lipinski definition) is 1. The van der Waals surface area contributed by atoms with Gasteiger partial charge in [-0.2, -0.15) is 0 Å². The molecule has 0 unspecified atom stereocenters. The maximum Gasteiger partial charge on any atom is 0.171 e. The van der Waals surface area contributed by atoms with Crippen LogP contribution < -0.4 is 0 Å². The Labute approximate surface area is 149 Å². The van der Waals surface area contributed by atoms with Crippen LogP contribution in [0, 0.1) is 35.5 Å². The molecule has 2 saturated heterocycles. The third-order valence-electron chi connectivity index (χ3n) is 7.45. The standard InChI is InChI=1S/C10H16O3.C9H14O3/c1-11-6-8-7-2-3-10(9(7)8)12-4-5-13-10;10-5-7-6-1-2-9(8(6)7)11-3-4-12-9/h7-9H,2-6H2,1H3;6-8,10H,1-5H2/t7-,8+,9-;6-,7+,8-/m00/s1. The van der Waals surface area contributed by atoms with Crippen molar-refractivity contribution in [2.45, 2.75) is 37.3 Å². The summed E-state index contributed by atoms with van der Waals surface area (Å²) in [5, 5.41) is 9.04. The van der Waals surface area contributed by atoms with E-state index in [0.717, 1.165) is 51.8 Å². The van der Waals surface area contributed by atoms with Gasteiger partial charge in [0.25, 0.3) is 0 Å². The Bertz CT molecular complexity index is 483. The molecule has 2 spiro atoms. The summed E-state index contributed by atoms with van der Waals surface area (Å²) in [6, 6.07) is 0. The smallest absolute Gasteiger partial charge is 0.171 e. The topological polar surface area (TPSA) is 66.4 Å². The average molecular weight is 354 g/mol. The summed E-state index contributed by atoms with van der Waals surface area (Å²) >= 11 is 0. The first-order valence-corrected chi connectivity index (χ1v) is 9.90. The first-order chi connectivity index (χ1) is 12.2. The van der Waals surface area contributed by atoms with Crippen LogP contribution in [0.4, 0.5) is 0 Å². The molecule has 0 aromatic rings. The van der Waals surface area contributed by atoms with Crippen LogP contribution in [0.5, 0.6) is 0 Å². The molecule has 2 aliphatic heterocycles. The molecule has 25 heavy (non-hydrogen) atoms. The molecule has 0 aromatic carbocycles. The van der Waals surface area contributed by atoms with Gasteiger partial charge in [-0.3, -0.25) is 0 Å². The predicted molar refractivity (Wildman–Crippen MR) is 87.6 cm³/mol. The molecule has 0 radical (unpaired) electrons. The van der Waals surface area contributed by atoms with Crippen LogP contribution in [0.1, 0.15) is 25.7 Å². The zero-order chi connectivity index (χ0) is 17.1. The van der Waals surface area contributed by atoms with E-state index in [0.29, 0.717) is 36.2 Å². The summed E-state index contributed by atoms with van der Waals surface area (Å²) < 4.78 is 28.0. The number of ether oxygens (including phenoxy) is 5. The van der Waals surface area contributed by atoms with Crippen molar-refractivity contribution in [1.82, 2.24) is 0 Å². The second-order valence-electron chi connectivity index (χ2n) is 8.44. The van der Waals surface area contributed by atoms with Crippen LogP contribution >= 0.6 is 0 Å². The van der Waals surface area contributed by atoms with E-state index >= 15 is 0 Å². The number of hydrogen-bond acceptors (Lipinski definition) is 6. The van der Waals surface area contributed by atoms with Gasteiger partial charge in [0.05, 0.1) is 26.4 Å². The van der Waals surface area contributed by atoms with Crippen molar-refractivity contribution in [3.63, 3.8) is 0 Å². The SMILES string of the molecule is COC[C@@H]1[C@@H]2CCC3(OCCO3)[C@H]12.OC[C@@H]1[C@@H]2CCC3(OCCO3)[C@H]12. The molecule has 6 nitrogen and oxygen atoms in total. The zero-order valence-electron chi connectivity index (χ0n) is 15.0. The van der Waals surface area contributed by atoms with E-state index in [1.807, 2.05) is 0 Å². The largest absolute Gasteiger partial charge is 0.396 e. The van der Waals surface area contributed by atoms with Crippen LogP contribution in [-0.4, -0.2) is 63.4 Å². The van der Waals surface area contributed by atoms with E-state index in [-0.39, 0.29) is 11.6 Å². The second kappa shape index (κ2) is 6.14. The molecule has 6 aliphatic rings. The normalized spacial score (nSPS) is 46.8. The molecule has 4 saturated carbocycles. The molecule has 6 heteroatoms. The van der Waals surface area contributed by atoms with Crippen LogP contribution in [0.3, 0.4) is 0 Å². The van der Waals surface area contributed by atoms with Gasteiger partial charge in [-0.05, 0) is 36.5 Å². The molecule has 0 bridgehead atoms. The summed E-state index contributed by atoms with van der Waals surface area (Å²) in [7, 11) is 1.77. The van der Waals surface area contributed by atoms with Crippen LogP contribution in [-0.2, 0) is 23.7 Å². The highest BCUT2D eigenvalue weighted by atomic mass is 16.7. The Balaban J connectivity index is 0.000000112. The molecule has 142 valence electrons. The molecule has 6 fully saturated rings. The minimum atomic E-state index is -0.266. The van der Waals surface area contributed by atoms with Crippen molar-refractivity contribution in [3.8, 4) is 0 Å². The maximum atomic E-state index is 9.04. The monoisotopic (exact) mass is 354 g/mol. The number of aliphatic hydroxyl groups is 1. The fourth-order valence-electron chi connectivity index (χ4n) is 6.33. The Kier molecular flexibility index (Phi) is 4.15. The molecule has 1 N–H and O–H groups in total. The molecule has 2 heterocycles. The lowest BCUT2D eigenvalue weighted by Crippen LogP contribution is -2.31. The Morgan fingerprint density at radius 3 is 1.76 bits per heavy atom. The van der Waals surface area contributed by atoms with E-state index in [9.17, 15) is 0 Å². The Hall–Kier alpha value is -0.240. The lowest BCUT2D eigenvalue weighted by Gasteiger charge is -2.24. The minimum absolute atomic E-state index is 0.187. The third kappa shape index (κ3) is 2.52. The molecule has 6 rings (SSSR count). The van der Waals surface area contributed by atoms with Gasteiger partial charge in [0, 0.05) is 45.0 Å². The van der Waals surface area contributed by atoms with E-state index in [4.69, 9.17) is 28.8 Å². The first-order valence-electron chi connectivity index (χ1n) is 9.90. The third-order valence-corrected chi connectivity index (χ3v) is 7.45. The molecular formula is C19H30O6. The first kappa shape index (κ1) is 16.9. The molecule has 6 atom stereocenters. The molecule has 0 aromatic heterocycles. The molecule has 0 amide bonds. The maximum absolute atomic E-state index is 9.04. The van der Waals surface area contributed by atoms with Gasteiger partial charge >= 0.3 is 0 Å². The molecule has 4 aliphatic carbocycles. The lowest BCUT2D eigenvalue weighted by molar-refractivity contribution is -0.172. The van der Waals surface area contributed by atoms with Crippen LogP contribution in [0.25, 0.3) is 0 Å². The summed E-state index contributed by atoms with van der Waals surface area (Å²) in [5.41, 5.74) is 0. The van der Waals surface area contributed by atoms with Crippen LogP contribution in [0.2, 0.25) is 0 Å². The van der Waals surface area contributed by atoms with Crippen molar-refractivity contribution < 1.29 is 28.8 Å². The fourth-order valence-corrected chi connectivity index (χ4v) is 6.33. The van der Waals surface area contributed by atoms with Crippen molar-refractivity contribution in [1.29, 1.82) is 0 Å². The van der Waals surface area contributed by atoms with Gasteiger partial charge in [-0.1, -0.05) is 0 Å². The van der Waals surface area contributed by atoms with E-state index < -0.39 is 0 Å². The Morgan fingerprint density at radius 1 is 0.840 bits per heavy atom. The van der Waals surface area contributed by atoms with Crippen molar-refractivity contribution in [2.75, 3.05) is 46.8 Å². The van der Waals surface area contributed by atoms with Gasteiger partial charge < -0.3 is 28.8 Å². The Morgan fingerprint density at radius 2 is 1.32 bits per heavy atom. The van der Waals surface area contributed by atoms with Crippen molar-refractivity contribution in [3.05, 3.63) is 0 Å². The molecular weight excluding hydrogens is 324 g/mol. The minimum Gasteiger partial charge on any atom is -0.396 e. The zero-order valence-corrected chi connectivity index (χ0v) is 15.0. The number of fused-ring (bicyclic) bond motifs is 4. The number of aliphatic hydroxyl groups excluding tert-OH is 1. The summed E-state index contributed by atoms with van der Waals surface area (Å²) in [6.45, 7) is 4.22. The van der Waals surface area contributed by atoms with E-state index in [2.05, 4.69) is 0 Å².